The van der Waals surface area contributed by atoms with Crippen molar-refractivity contribution >= 4 is 22.4 Å². The molecule has 0 unspecified atom stereocenters. The molecule has 2 N–H and O–H groups in total. The van der Waals surface area contributed by atoms with Gasteiger partial charge in [0, 0.05) is 35.2 Å². The number of benzene rings is 2. The highest BCUT2D eigenvalue weighted by atomic mass is 16.5. The predicted molar refractivity (Wildman–Crippen MR) is 101 cm³/mol. The summed E-state index contributed by atoms with van der Waals surface area (Å²) in [5.41, 5.74) is 2.35. The highest BCUT2D eigenvalue weighted by Crippen LogP contribution is 2.38. The first-order valence-electron chi connectivity index (χ1n) is 8.01. The minimum absolute atomic E-state index is 0.183. The first-order valence-corrected chi connectivity index (χ1v) is 8.01. The topological polar surface area (TPSA) is 72.6 Å². The van der Waals surface area contributed by atoms with E-state index >= 15 is 0 Å². The molecule has 0 aliphatic rings. The zero-order valence-electron chi connectivity index (χ0n) is 14.8. The lowest BCUT2D eigenvalue weighted by molar-refractivity contribution is 0.104. The summed E-state index contributed by atoms with van der Waals surface area (Å²) in [6, 6.07) is 11.2. The second-order valence-corrected chi connectivity index (χ2v) is 5.54. The predicted octanol–water partition coefficient (Wildman–Crippen LogP) is 4.00. The zero-order valence-corrected chi connectivity index (χ0v) is 14.8. The number of aromatic nitrogens is 1. The van der Waals surface area contributed by atoms with Crippen LogP contribution in [0.3, 0.4) is 0 Å². The van der Waals surface area contributed by atoms with E-state index in [9.17, 15) is 4.79 Å². The maximum Gasteiger partial charge on any atom is 0.203 e. The number of rotatable bonds is 7. The molecule has 3 aromatic rings. The Morgan fingerprint density at radius 2 is 1.73 bits per heavy atom. The third-order valence-corrected chi connectivity index (χ3v) is 3.99. The van der Waals surface area contributed by atoms with Gasteiger partial charge in [0.05, 0.1) is 21.3 Å². The quantitative estimate of drug-likeness (QED) is 0.497. The Bertz CT molecular complexity index is 934. The molecule has 0 fully saturated rings. The molecule has 134 valence electrons. The molecule has 26 heavy (non-hydrogen) atoms. The smallest absolute Gasteiger partial charge is 0.203 e. The first kappa shape index (κ1) is 17.4. The van der Waals surface area contributed by atoms with Gasteiger partial charge in [-0.15, -0.1) is 0 Å². The number of fused-ring (bicyclic) bond motifs is 1. The lowest BCUT2D eigenvalue weighted by Crippen LogP contribution is -2.01. The largest absolute Gasteiger partial charge is 0.493 e. The molecule has 0 atom stereocenters. The fourth-order valence-electron chi connectivity index (χ4n) is 2.67. The number of nitrogens with one attached hydrogen (secondary N) is 2. The van der Waals surface area contributed by atoms with E-state index in [2.05, 4.69) is 10.3 Å². The molecule has 0 saturated carbocycles. The number of ether oxygens (including phenoxy) is 3. The summed E-state index contributed by atoms with van der Waals surface area (Å²) in [7, 11) is 4.55. The van der Waals surface area contributed by atoms with E-state index in [1.807, 2.05) is 30.5 Å². The number of carbonyl (C=O) groups is 1. The summed E-state index contributed by atoms with van der Waals surface area (Å²) in [4.78, 5) is 15.6. The SMILES string of the molecule is COc1cc(C(=O)/C=C\Nc2ccc3cc[nH]c3c2)cc(OC)c1OC. The molecule has 2 aromatic carbocycles. The van der Waals surface area contributed by atoms with E-state index in [4.69, 9.17) is 14.2 Å². The van der Waals surface area contributed by atoms with Crippen LogP contribution >= 0.6 is 0 Å². The van der Waals surface area contributed by atoms with Gasteiger partial charge in [-0.2, -0.15) is 0 Å². The van der Waals surface area contributed by atoms with Crippen LogP contribution in [-0.4, -0.2) is 32.1 Å². The lowest BCUT2D eigenvalue weighted by atomic mass is 10.1. The Hall–Kier alpha value is -3.41. The van der Waals surface area contributed by atoms with Crippen molar-refractivity contribution in [1.29, 1.82) is 0 Å². The normalized spacial score (nSPS) is 10.9. The van der Waals surface area contributed by atoms with Crippen molar-refractivity contribution in [3.05, 3.63) is 60.4 Å². The standard InChI is InChI=1S/C20H20N2O4/c1-24-18-10-14(11-19(25-2)20(18)26-3)17(23)7-9-21-15-5-4-13-6-8-22-16(13)12-15/h4-12,21-22H,1-3H3/b9-7-. The monoisotopic (exact) mass is 352 g/mol. The van der Waals surface area contributed by atoms with E-state index in [1.54, 1.807) is 18.3 Å². The molecule has 1 heterocycles. The fraction of sp³-hybridized carbons (Fsp3) is 0.150. The van der Waals surface area contributed by atoms with Crippen LogP contribution in [0.25, 0.3) is 10.9 Å². The van der Waals surface area contributed by atoms with Gasteiger partial charge in [0.1, 0.15) is 0 Å². The van der Waals surface area contributed by atoms with Crippen LogP contribution in [0, 0.1) is 0 Å². The number of methoxy groups -OCH3 is 3. The average Bonchev–Trinajstić information content (AvgIpc) is 3.14. The van der Waals surface area contributed by atoms with E-state index in [0.29, 0.717) is 22.8 Å². The van der Waals surface area contributed by atoms with Crippen molar-refractivity contribution in [2.45, 2.75) is 0 Å². The average molecular weight is 352 g/mol. The summed E-state index contributed by atoms with van der Waals surface area (Å²) in [5, 5.41) is 4.23. The van der Waals surface area contributed by atoms with Gasteiger partial charge in [-0.05, 0) is 35.7 Å². The second kappa shape index (κ2) is 7.65. The van der Waals surface area contributed by atoms with Crippen molar-refractivity contribution in [1.82, 2.24) is 4.98 Å². The van der Waals surface area contributed by atoms with Gasteiger partial charge in [0.2, 0.25) is 5.75 Å². The van der Waals surface area contributed by atoms with Crippen molar-refractivity contribution in [2.24, 2.45) is 0 Å². The number of anilines is 1. The van der Waals surface area contributed by atoms with E-state index in [-0.39, 0.29) is 5.78 Å². The van der Waals surface area contributed by atoms with Crippen LogP contribution in [0.5, 0.6) is 17.2 Å². The highest BCUT2D eigenvalue weighted by molar-refractivity contribution is 6.05. The van der Waals surface area contributed by atoms with Gasteiger partial charge in [0.15, 0.2) is 17.3 Å². The summed E-state index contributed by atoms with van der Waals surface area (Å²) < 4.78 is 15.8. The van der Waals surface area contributed by atoms with Gasteiger partial charge >= 0.3 is 0 Å². The minimum atomic E-state index is -0.183. The maximum atomic E-state index is 12.5. The lowest BCUT2D eigenvalue weighted by Gasteiger charge is -2.13. The molecule has 0 amide bonds. The molecule has 0 aliphatic carbocycles. The third-order valence-electron chi connectivity index (χ3n) is 3.99. The number of aromatic amines is 1. The first-order chi connectivity index (χ1) is 12.7. The Balaban J connectivity index is 1.77. The van der Waals surface area contributed by atoms with E-state index < -0.39 is 0 Å². The number of ketones is 1. The van der Waals surface area contributed by atoms with Crippen LogP contribution in [0.4, 0.5) is 5.69 Å². The zero-order chi connectivity index (χ0) is 18.5. The van der Waals surface area contributed by atoms with Crippen LogP contribution < -0.4 is 19.5 Å². The molecule has 0 radical (unpaired) electrons. The number of carbonyl (C=O) groups excluding carboxylic acids is 1. The van der Waals surface area contributed by atoms with Gasteiger partial charge in [-0.1, -0.05) is 6.07 Å². The van der Waals surface area contributed by atoms with E-state index in [0.717, 1.165) is 16.6 Å². The van der Waals surface area contributed by atoms with Crippen LogP contribution in [0.15, 0.2) is 54.9 Å². The van der Waals surface area contributed by atoms with Crippen molar-refractivity contribution in [2.75, 3.05) is 26.6 Å². The molecule has 1 aromatic heterocycles. The molecule has 0 spiro atoms. The summed E-state index contributed by atoms with van der Waals surface area (Å²) in [5.74, 6) is 1.15. The van der Waals surface area contributed by atoms with Crippen LogP contribution in [0.1, 0.15) is 10.4 Å². The van der Waals surface area contributed by atoms with Gasteiger partial charge < -0.3 is 24.5 Å². The third kappa shape index (κ3) is 3.49. The fourth-order valence-corrected chi connectivity index (χ4v) is 2.67. The van der Waals surface area contributed by atoms with Gasteiger partial charge in [-0.25, -0.2) is 0 Å². The minimum Gasteiger partial charge on any atom is -0.493 e. The Labute approximate surface area is 151 Å². The van der Waals surface area contributed by atoms with Crippen molar-refractivity contribution in [3.8, 4) is 17.2 Å². The Kier molecular flexibility index (Phi) is 5.12. The van der Waals surface area contributed by atoms with Gasteiger partial charge in [-0.3, -0.25) is 4.79 Å². The van der Waals surface area contributed by atoms with Crippen LogP contribution in [-0.2, 0) is 0 Å². The van der Waals surface area contributed by atoms with Crippen LogP contribution in [0.2, 0.25) is 0 Å². The molecule has 6 nitrogen and oxygen atoms in total. The Morgan fingerprint density at radius 1 is 1.00 bits per heavy atom. The Morgan fingerprint density at radius 3 is 2.38 bits per heavy atom. The number of hydrogen-bond donors (Lipinski definition) is 2. The number of hydrogen-bond acceptors (Lipinski definition) is 5. The second-order valence-electron chi connectivity index (χ2n) is 5.54. The number of allylic oxidation sites excluding steroid dienone is 1. The summed E-state index contributed by atoms with van der Waals surface area (Å²) in [6.45, 7) is 0. The maximum absolute atomic E-state index is 12.5. The van der Waals surface area contributed by atoms with Gasteiger partial charge in [0.25, 0.3) is 0 Å². The number of H-pyrrole nitrogens is 1. The van der Waals surface area contributed by atoms with E-state index in [1.165, 1.54) is 27.4 Å². The molecule has 0 saturated heterocycles. The molecule has 0 aliphatic heterocycles. The molecular formula is C20H20N2O4. The highest BCUT2D eigenvalue weighted by Gasteiger charge is 2.15. The molecular weight excluding hydrogens is 332 g/mol. The molecule has 3 rings (SSSR count). The summed E-state index contributed by atoms with van der Waals surface area (Å²) >= 11 is 0. The van der Waals surface area contributed by atoms with Crippen molar-refractivity contribution < 1.29 is 19.0 Å². The molecule has 0 bridgehead atoms. The van der Waals surface area contributed by atoms with Crippen molar-refractivity contribution in [3.63, 3.8) is 0 Å². The molecule has 6 heteroatoms. The summed E-state index contributed by atoms with van der Waals surface area (Å²) in [6.07, 6.45) is 4.95.